The van der Waals surface area contributed by atoms with E-state index in [2.05, 4.69) is 10.4 Å². The molecule has 0 saturated heterocycles. The molecule has 2 amide bonds. The molecular formula is C27H28ClN5O2. The number of nitrogens with zero attached hydrogens (tertiary/aromatic N) is 4. The van der Waals surface area contributed by atoms with Gasteiger partial charge in [0.25, 0.3) is 5.91 Å². The largest absolute Gasteiger partial charge is 0.352 e. The molecule has 0 atom stereocenters. The van der Waals surface area contributed by atoms with Gasteiger partial charge in [0, 0.05) is 23.2 Å². The molecule has 4 rings (SSSR count). The first-order chi connectivity index (χ1) is 16.9. The van der Waals surface area contributed by atoms with Crippen LogP contribution in [0.25, 0.3) is 22.3 Å². The van der Waals surface area contributed by atoms with Gasteiger partial charge in [-0.2, -0.15) is 5.10 Å². The zero-order valence-corrected chi connectivity index (χ0v) is 20.8. The van der Waals surface area contributed by atoms with Crippen molar-refractivity contribution in [1.29, 1.82) is 0 Å². The summed E-state index contributed by atoms with van der Waals surface area (Å²) in [6, 6.07) is 19.0. The minimum Gasteiger partial charge on any atom is -0.352 e. The maximum Gasteiger partial charge on any atom is 0.255 e. The molecule has 2 heterocycles. The molecule has 1 N–H and O–H groups in total. The van der Waals surface area contributed by atoms with E-state index < -0.39 is 0 Å². The van der Waals surface area contributed by atoms with Gasteiger partial charge in [-0.25, -0.2) is 9.67 Å². The predicted octanol–water partition coefficient (Wildman–Crippen LogP) is 4.79. The Labute approximate surface area is 209 Å². The number of fused-ring (bicyclic) bond motifs is 1. The van der Waals surface area contributed by atoms with Gasteiger partial charge >= 0.3 is 0 Å². The lowest BCUT2D eigenvalue weighted by Gasteiger charge is -2.22. The number of pyridine rings is 1. The van der Waals surface area contributed by atoms with Crippen LogP contribution in [0.2, 0.25) is 5.02 Å². The highest BCUT2D eigenvalue weighted by Gasteiger charge is 2.23. The molecule has 0 saturated carbocycles. The van der Waals surface area contributed by atoms with Crippen molar-refractivity contribution in [3.05, 3.63) is 83.0 Å². The Hall–Kier alpha value is -3.71. The van der Waals surface area contributed by atoms with E-state index >= 15 is 0 Å². The number of nitrogens with one attached hydrogen (secondary N) is 1. The fourth-order valence-corrected chi connectivity index (χ4v) is 4.12. The molecule has 0 spiro atoms. The first kappa shape index (κ1) is 24.4. The van der Waals surface area contributed by atoms with E-state index in [4.69, 9.17) is 16.6 Å². The number of hydrogen-bond donors (Lipinski definition) is 1. The summed E-state index contributed by atoms with van der Waals surface area (Å²) in [5, 5.41) is 8.66. The van der Waals surface area contributed by atoms with Gasteiger partial charge in [-0.05, 0) is 38.5 Å². The van der Waals surface area contributed by atoms with Gasteiger partial charge in [0.15, 0.2) is 5.65 Å². The number of aromatic nitrogens is 3. The molecule has 0 fully saturated rings. The Kier molecular flexibility index (Phi) is 7.46. The predicted molar refractivity (Wildman–Crippen MR) is 138 cm³/mol. The molecule has 0 aliphatic heterocycles. The van der Waals surface area contributed by atoms with Crippen LogP contribution in [0, 0.1) is 0 Å². The van der Waals surface area contributed by atoms with Crippen molar-refractivity contribution < 1.29 is 9.59 Å². The summed E-state index contributed by atoms with van der Waals surface area (Å²) in [6.07, 6.45) is 1.66. The molecule has 0 radical (unpaired) electrons. The van der Waals surface area contributed by atoms with Gasteiger partial charge in [0.1, 0.15) is 0 Å². The Morgan fingerprint density at radius 1 is 1.09 bits per heavy atom. The third-order valence-electron chi connectivity index (χ3n) is 5.64. The molecular weight excluding hydrogens is 462 g/mol. The van der Waals surface area contributed by atoms with Gasteiger partial charge in [-0.15, -0.1) is 0 Å². The van der Waals surface area contributed by atoms with E-state index in [-0.39, 0.29) is 24.4 Å². The SMILES string of the molecule is CCN(CC(=O)NC(C)C)C(=O)c1cc(-c2ccccc2)nc2c1cnn2Cc1ccccc1Cl. The maximum atomic E-state index is 13.7. The topological polar surface area (TPSA) is 80.1 Å². The van der Waals surface area contributed by atoms with Gasteiger partial charge in [0.05, 0.1) is 35.9 Å². The second-order valence-corrected chi connectivity index (χ2v) is 9.00. The fourth-order valence-electron chi connectivity index (χ4n) is 3.92. The number of rotatable bonds is 8. The summed E-state index contributed by atoms with van der Waals surface area (Å²) in [4.78, 5) is 32.5. The van der Waals surface area contributed by atoms with E-state index in [0.29, 0.717) is 40.4 Å². The lowest BCUT2D eigenvalue weighted by Crippen LogP contribution is -2.42. The first-order valence-corrected chi connectivity index (χ1v) is 12.0. The summed E-state index contributed by atoms with van der Waals surface area (Å²) in [6.45, 7) is 6.42. The average molecular weight is 490 g/mol. The normalized spacial score (nSPS) is 11.1. The summed E-state index contributed by atoms with van der Waals surface area (Å²) in [7, 11) is 0. The highest BCUT2D eigenvalue weighted by Crippen LogP contribution is 2.27. The summed E-state index contributed by atoms with van der Waals surface area (Å²) >= 11 is 6.39. The van der Waals surface area contributed by atoms with Crippen molar-refractivity contribution in [2.24, 2.45) is 0 Å². The van der Waals surface area contributed by atoms with Crippen LogP contribution in [0.1, 0.15) is 36.7 Å². The van der Waals surface area contributed by atoms with Crippen molar-refractivity contribution in [3.8, 4) is 11.3 Å². The lowest BCUT2D eigenvalue weighted by atomic mass is 10.1. The van der Waals surface area contributed by atoms with Crippen molar-refractivity contribution >= 4 is 34.4 Å². The molecule has 0 aliphatic carbocycles. The van der Waals surface area contributed by atoms with Gasteiger partial charge in [0.2, 0.25) is 5.91 Å². The van der Waals surface area contributed by atoms with Crippen LogP contribution in [0.3, 0.4) is 0 Å². The molecule has 2 aromatic carbocycles. The summed E-state index contributed by atoms with van der Waals surface area (Å²) in [5.74, 6) is -0.438. The second kappa shape index (κ2) is 10.7. The Bertz CT molecular complexity index is 1350. The minimum atomic E-state index is -0.242. The number of amides is 2. The molecule has 35 heavy (non-hydrogen) atoms. The number of benzene rings is 2. The molecule has 7 nitrogen and oxygen atoms in total. The Morgan fingerprint density at radius 2 is 1.80 bits per heavy atom. The second-order valence-electron chi connectivity index (χ2n) is 8.59. The van der Waals surface area contributed by atoms with E-state index in [1.165, 1.54) is 4.90 Å². The molecule has 0 aliphatic rings. The quantitative estimate of drug-likeness (QED) is 0.386. The third kappa shape index (κ3) is 5.52. The number of carbonyl (C=O) groups excluding carboxylic acids is 2. The van der Waals surface area contributed by atoms with Crippen LogP contribution in [0.4, 0.5) is 0 Å². The monoisotopic (exact) mass is 489 g/mol. The highest BCUT2D eigenvalue weighted by atomic mass is 35.5. The molecule has 8 heteroatoms. The van der Waals surface area contributed by atoms with Crippen LogP contribution in [0.15, 0.2) is 66.9 Å². The van der Waals surface area contributed by atoms with E-state index in [0.717, 1.165) is 11.1 Å². The number of likely N-dealkylation sites (N-methyl/N-ethyl adjacent to an activating group) is 1. The highest BCUT2D eigenvalue weighted by molar-refractivity contribution is 6.31. The zero-order chi connectivity index (χ0) is 24.9. The number of carbonyl (C=O) groups is 2. The van der Waals surface area contributed by atoms with Crippen LogP contribution in [-0.2, 0) is 11.3 Å². The van der Waals surface area contributed by atoms with Crippen LogP contribution in [-0.4, -0.2) is 50.6 Å². The molecule has 2 aromatic heterocycles. The number of halogens is 1. The van der Waals surface area contributed by atoms with Gasteiger partial charge in [-0.1, -0.05) is 60.1 Å². The molecule has 0 unspecified atom stereocenters. The van der Waals surface area contributed by atoms with E-state index in [9.17, 15) is 9.59 Å². The summed E-state index contributed by atoms with van der Waals surface area (Å²) < 4.78 is 1.75. The van der Waals surface area contributed by atoms with Crippen molar-refractivity contribution in [2.75, 3.05) is 13.1 Å². The van der Waals surface area contributed by atoms with Crippen LogP contribution < -0.4 is 5.32 Å². The van der Waals surface area contributed by atoms with Crippen LogP contribution >= 0.6 is 11.6 Å². The smallest absolute Gasteiger partial charge is 0.255 e. The fraction of sp³-hybridized carbons (Fsp3) is 0.259. The average Bonchev–Trinajstić information content (AvgIpc) is 3.25. The lowest BCUT2D eigenvalue weighted by molar-refractivity contribution is -0.122. The Balaban J connectivity index is 1.80. The van der Waals surface area contributed by atoms with E-state index in [1.54, 1.807) is 16.9 Å². The standard InChI is InChI=1S/C27H28ClN5O2/c1-4-32(17-25(34)30-18(2)3)27(35)21-14-24(19-10-6-5-7-11-19)31-26-22(21)15-29-33(26)16-20-12-8-9-13-23(20)28/h5-15,18H,4,16-17H2,1-3H3,(H,30,34). The summed E-state index contributed by atoms with van der Waals surface area (Å²) in [5.41, 5.74) is 3.48. The van der Waals surface area contributed by atoms with Crippen molar-refractivity contribution in [2.45, 2.75) is 33.4 Å². The third-order valence-corrected chi connectivity index (χ3v) is 6.01. The van der Waals surface area contributed by atoms with E-state index in [1.807, 2.05) is 75.4 Å². The number of hydrogen-bond acceptors (Lipinski definition) is 4. The molecule has 0 bridgehead atoms. The van der Waals surface area contributed by atoms with Crippen LogP contribution in [0.5, 0.6) is 0 Å². The first-order valence-electron chi connectivity index (χ1n) is 11.6. The van der Waals surface area contributed by atoms with Gasteiger partial charge in [-0.3, -0.25) is 9.59 Å². The van der Waals surface area contributed by atoms with Crippen molar-refractivity contribution in [1.82, 2.24) is 25.0 Å². The Morgan fingerprint density at radius 3 is 2.49 bits per heavy atom. The molecule has 180 valence electrons. The maximum absolute atomic E-state index is 13.7. The minimum absolute atomic E-state index is 0.00309. The zero-order valence-electron chi connectivity index (χ0n) is 20.0. The van der Waals surface area contributed by atoms with Crippen molar-refractivity contribution in [3.63, 3.8) is 0 Å². The molecule has 4 aromatic rings. The van der Waals surface area contributed by atoms with Gasteiger partial charge < -0.3 is 10.2 Å².